The van der Waals surface area contributed by atoms with E-state index in [0.717, 1.165) is 7.11 Å². The molecule has 0 aliphatic carbocycles. The Hall–Kier alpha value is -1.76. The highest BCUT2D eigenvalue weighted by Crippen LogP contribution is 2.25. The lowest BCUT2D eigenvalue weighted by atomic mass is 10.2. The monoisotopic (exact) mass is 249 g/mol. The van der Waals surface area contributed by atoms with Crippen LogP contribution in [0.5, 0.6) is 5.75 Å². The lowest BCUT2D eigenvalue weighted by molar-refractivity contribution is -0.274. The molecule has 0 saturated heterocycles. The smallest absolute Gasteiger partial charge is 0.452 e. The Morgan fingerprint density at radius 2 is 1.82 bits per heavy atom. The van der Waals surface area contributed by atoms with Gasteiger partial charge in [0, 0.05) is 12.7 Å². The Labute approximate surface area is 95.1 Å². The van der Waals surface area contributed by atoms with E-state index in [1.807, 2.05) is 0 Å². The third-order valence-corrected chi connectivity index (χ3v) is 1.86. The number of ether oxygens (including phenoxy) is 2. The number of carbonyl (C=O) groups excluding carboxylic acids is 1. The largest absolute Gasteiger partial charge is 0.455 e. The van der Waals surface area contributed by atoms with Crippen molar-refractivity contribution in [3.63, 3.8) is 0 Å². The molecule has 0 aliphatic rings. The van der Waals surface area contributed by atoms with Crippen LogP contribution in [0.25, 0.3) is 0 Å². The minimum absolute atomic E-state index is 0.0702. The molecule has 0 heterocycles. The zero-order chi connectivity index (χ0) is 13.1. The molecule has 0 saturated carbocycles. The van der Waals surface area contributed by atoms with E-state index >= 15 is 0 Å². The zero-order valence-electron chi connectivity index (χ0n) is 8.82. The number of alkyl halides is 3. The molecule has 0 aromatic heterocycles. The molecule has 1 amide bonds. The van der Waals surface area contributed by atoms with E-state index in [4.69, 9.17) is 5.73 Å². The highest BCUT2D eigenvalue weighted by atomic mass is 19.4. The molecular formula is C10H10F3NO3. The molecule has 4 nitrogen and oxygen atoms in total. The van der Waals surface area contributed by atoms with Crippen molar-refractivity contribution in [2.75, 3.05) is 7.11 Å². The fourth-order valence-corrected chi connectivity index (χ4v) is 1.07. The summed E-state index contributed by atoms with van der Waals surface area (Å²) in [7, 11) is 0.885. The van der Waals surface area contributed by atoms with Gasteiger partial charge in [0.1, 0.15) is 5.75 Å². The number of hydrogen-bond acceptors (Lipinski definition) is 3. The van der Waals surface area contributed by atoms with Crippen LogP contribution >= 0.6 is 0 Å². The molecule has 1 rings (SSSR count). The van der Waals surface area contributed by atoms with Gasteiger partial charge in [-0.1, -0.05) is 0 Å². The maximum absolute atomic E-state index is 12.3. The second kappa shape index (κ2) is 5.05. The Kier molecular flexibility index (Phi) is 3.95. The fourth-order valence-electron chi connectivity index (χ4n) is 1.07. The van der Waals surface area contributed by atoms with Crippen molar-refractivity contribution in [1.82, 2.24) is 0 Å². The summed E-state index contributed by atoms with van der Waals surface area (Å²) in [5.74, 6) is -0.741. The third kappa shape index (κ3) is 3.63. The molecule has 0 bridgehead atoms. The van der Waals surface area contributed by atoms with Crippen LogP contribution in [0, 0.1) is 0 Å². The molecule has 0 fully saturated rings. The number of halogens is 3. The number of benzene rings is 1. The number of hydrogen-bond donors (Lipinski definition) is 1. The topological polar surface area (TPSA) is 61.6 Å². The summed E-state index contributed by atoms with van der Waals surface area (Å²) in [6, 6.07) is 4.94. The number of nitrogens with two attached hydrogens (primary N) is 1. The highest BCUT2D eigenvalue weighted by molar-refractivity contribution is 5.92. The van der Waals surface area contributed by atoms with Crippen molar-refractivity contribution in [2.45, 2.75) is 12.5 Å². The van der Waals surface area contributed by atoms with E-state index < -0.39 is 18.4 Å². The number of methoxy groups -OCH3 is 1. The Balaban J connectivity index is 2.78. The van der Waals surface area contributed by atoms with Gasteiger partial charge in [-0.2, -0.15) is 13.2 Å². The first kappa shape index (κ1) is 13.3. The molecular weight excluding hydrogens is 239 g/mol. The third-order valence-electron chi connectivity index (χ3n) is 1.86. The SMILES string of the molecule is COC(Oc1ccc(C(N)=O)cc1)C(F)(F)F. The van der Waals surface area contributed by atoms with Crippen molar-refractivity contribution in [3.05, 3.63) is 29.8 Å². The number of rotatable bonds is 4. The number of primary amides is 1. The maximum Gasteiger partial charge on any atom is 0.452 e. The first-order chi connectivity index (χ1) is 7.84. The van der Waals surface area contributed by atoms with Crippen LogP contribution in [-0.4, -0.2) is 25.5 Å². The van der Waals surface area contributed by atoms with Gasteiger partial charge < -0.3 is 15.2 Å². The van der Waals surface area contributed by atoms with Crippen LogP contribution in [0.1, 0.15) is 10.4 Å². The Morgan fingerprint density at radius 1 is 1.29 bits per heavy atom. The van der Waals surface area contributed by atoms with Gasteiger partial charge in [-0.25, -0.2) is 0 Å². The van der Waals surface area contributed by atoms with Crippen LogP contribution in [0.2, 0.25) is 0 Å². The second-order valence-electron chi connectivity index (χ2n) is 3.12. The van der Waals surface area contributed by atoms with Gasteiger partial charge in [-0.15, -0.1) is 0 Å². The summed E-state index contributed by atoms with van der Waals surface area (Å²) in [6.45, 7) is 0. The van der Waals surface area contributed by atoms with Crippen molar-refractivity contribution in [2.24, 2.45) is 5.73 Å². The molecule has 7 heteroatoms. The lowest BCUT2D eigenvalue weighted by Gasteiger charge is -2.19. The van der Waals surface area contributed by atoms with Crippen LogP contribution in [0.3, 0.4) is 0 Å². The van der Waals surface area contributed by atoms with E-state index in [2.05, 4.69) is 9.47 Å². The van der Waals surface area contributed by atoms with Gasteiger partial charge in [0.15, 0.2) is 0 Å². The molecule has 1 atom stereocenters. The molecule has 2 N–H and O–H groups in total. The molecule has 17 heavy (non-hydrogen) atoms. The molecule has 1 unspecified atom stereocenters. The van der Waals surface area contributed by atoms with Crippen LogP contribution in [0.15, 0.2) is 24.3 Å². The molecule has 0 radical (unpaired) electrons. The van der Waals surface area contributed by atoms with E-state index in [0.29, 0.717) is 0 Å². The summed E-state index contributed by atoms with van der Waals surface area (Å²) in [6.07, 6.45) is -6.97. The van der Waals surface area contributed by atoms with Gasteiger partial charge in [0.2, 0.25) is 5.91 Å². The Morgan fingerprint density at radius 3 is 2.18 bits per heavy atom. The zero-order valence-corrected chi connectivity index (χ0v) is 8.82. The molecule has 94 valence electrons. The van der Waals surface area contributed by atoms with Gasteiger partial charge in [0.05, 0.1) is 0 Å². The van der Waals surface area contributed by atoms with E-state index in [1.165, 1.54) is 24.3 Å². The van der Waals surface area contributed by atoms with Crippen molar-refractivity contribution < 1.29 is 27.4 Å². The predicted molar refractivity (Wildman–Crippen MR) is 52.4 cm³/mol. The van der Waals surface area contributed by atoms with Crippen molar-refractivity contribution >= 4 is 5.91 Å². The molecule has 1 aromatic carbocycles. The first-order valence-electron chi connectivity index (χ1n) is 4.50. The molecule has 0 aliphatic heterocycles. The number of amides is 1. The van der Waals surface area contributed by atoms with Crippen molar-refractivity contribution in [3.8, 4) is 5.75 Å². The quantitative estimate of drug-likeness (QED) is 0.826. The second-order valence-corrected chi connectivity index (χ2v) is 3.12. The number of carbonyl (C=O) groups is 1. The van der Waals surface area contributed by atoms with Crippen LogP contribution in [0.4, 0.5) is 13.2 Å². The average molecular weight is 249 g/mol. The van der Waals surface area contributed by atoms with Crippen molar-refractivity contribution in [1.29, 1.82) is 0 Å². The summed E-state index contributed by atoms with van der Waals surface area (Å²) in [4.78, 5) is 10.7. The highest BCUT2D eigenvalue weighted by Gasteiger charge is 2.42. The minimum atomic E-state index is -4.63. The standard InChI is InChI=1S/C10H10F3NO3/c1-16-9(10(11,12)13)17-7-4-2-6(3-5-7)8(14)15/h2-5,9H,1H3,(H2,14,15). The van der Waals surface area contributed by atoms with E-state index in [9.17, 15) is 18.0 Å². The minimum Gasteiger partial charge on any atom is -0.455 e. The summed E-state index contributed by atoms with van der Waals surface area (Å²) in [5, 5.41) is 0. The van der Waals surface area contributed by atoms with Crippen LogP contribution in [-0.2, 0) is 4.74 Å². The average Bonchev–Trinajstić information content (AvgIpc) is 2.24. The summed E-state index contributed by atoms with van der Waals surface area (Å²) >= 11 is 0. The maximum atomic E-state index is 12.3. The van der Waals surface area contributed by atoms with E-state index in [-0.39, 0.29) is 11.3 Å². The summed E-state index contributed by atoms with van der Waals surface area (Å²) in [5.41, 5.74) is 5.16. The van der Waals surface area contributed by atoms with Gasteiger partial charge >= 0.3 is 6.18 Å². The van der Waals surface area contributed by atoms with Gasteiger partial charge in [-0.3, -0.25) is 4.79 Å². The van der Waals surface area contributed by atoms with Gasteiger partial charge in [-0.05, 0) is 24.3 Å². The Bertz CT molecular complexity index is 389. The lowest BCUT2D eigenvalue weighted by Crippen LogP contribution is -2.35. The van der Waals surface area contributed by atoms with Crippen LogP contribution < -0.4 is 10.5 Å². The normalized spacial score (nSPS) is 13.2. The fraction of sp³-hybridized carbons (Fsp3) is 0.300. The van der Waals surface area contributed by atoms with E-state index in [1.54, 1.807) is 0 Å². The molecule has 1 aromatic rings. The molecule has 0 spiro atoms. The predicted octanol–water partition coefficient (Wildman–Crippen LogP) is 1.70. The summed E-state index contributed by atoms with van der Waals surface area (Å²) < 4.78 is 45.6. The first-order valence-corrected chi connectivity index (χ1v) is 4.50. The van der Waals surface area contributed by atoms with Gasteiger partial charge in [0.25, 0.3) is 6.29 Å².